The molecule has 19 heteroatoms. The van der Waals surface area contributed by atoms with Gasteiger partial charge in [-0.1, -0.05) is 19.9 Å². The van der Waals surface area contributed by atoms with E-state index in [9.17, 15) is 39.3 Å². The number of unbranched alkanes of at least 4 members (excludes halogenated alkanes) is 2. The summed E-state index contributed by atoms with van der Waals surface area (Å²) >= 11 is 2.79. The van der Waals surface area contributed by atoms with Crippen molar-refractivity contribution in [1.29, 1.82) is 0 Å². The Labute approximate surface area is 327 Å². The molecule has 1 aliphatic carbocycles. The van der Waals surface area contributed by atoms with Crippen molar-refractivity contribution in [1.82, 2.24) is 10.2 Å². The van der Waals surface area contributed by atoms with Crippen molar-refractivity contribution in [2.75, 3.05) is 23.8 Å². The van der Waals surface area contributed by atoms with Crippen molar-refractivity contribution in [3.63, 3.8) is 0 Å². The minimum Gasteiger partial charge on any atom is -0.543 e. The molecule has 0 aromatic carbocycles. The smallest absolute Gasteiger partial charge is 0.543 e. The summed E-state index contributed by atoms with van der Waals surface area (Å²) in [5.74, 6) is 2.01. The number of allylic oxidation sites excluding steroid dienone is 1. The van der Waals surface area contributed by atoms with Crippen LogP contribution in [-0.2, 0) is 24.0 Å². The van der Waals surface area contributed by atoms with Gasteiger partial charge in [0.2, 0.25) is 11.8 Å². The molecule has 2 amide bonds. The maximum absolute atomic E-state index is 11.9. The number of β-lactam (4-membered cyclic amide) rings is 1. The fourth-order valence-corrected chi connectivity index (χ4v) is 6.98. The average molecular weight is 721 g/mol. The number of aliphatic hydroxyl groups excluding tert-OH is 1. The first kappa shape index (κ1) is 48.0. The number of carboxylic acids is 3. The summed E-state index contributed by atoms with van der Waals surface area (Å²) in [5.41, 5.74) is 5.08. The quantitative estimate of drug-likeness (QED) is 0.0137. The number of nitrogens with zero attached hydrogens (tertiary/aromatic N) is 2. The molecule has 0 aromatic rings. The SMILES string of the molecule is C=[N+](N)CCSC1=C(C(=O)[O-])N2C(=O)[C@H](C(C)O)[C@H]2C1.CC1(C)C[C@@H]1C(=O)N/C(=C\CCCCSC[C@H](N)C(=O)O)C(=O)[O-].O.[Na+].[Na+]. The van der Waals surface area contributed by atoms with Crippen LogP contribution in [-0.4, -0.2) is 104 Å². The number of thioether (sulfide) groups is 2. The van der Waals surface area contributed by atoms with Gasteiger partial charge in [0.05, 0.1) is 47.1 Å². The predicted octanol–water partition coefficient (Wildman–Crippen LogP) is -8.84. The predicted molar refractivity (Wildman–Crippen MR) is 165 cm³/mol. The van der Waals surface area contributed by atoms with Crippen LogP contribution in [0.2, 0.25) is 0 Å². The third-order valence-electron chi connectivity index (χ3n) is 7.55. The third-order valence-corrected chi connectivity index (χ3v) is 9.82. The van der Waals surface area contributed by atoms with Crippen molar-refractivity contribution in [2.24, 2.45) is 28.8 Å². The molecule has 2 heterocycles. The Kier molecular flexibility index (Phi) is 22.3. The van der Waals surface area contributed by atoms with Gasteiger partial charge in [-0.25, -0.2) is 5.84 Å². The number of aliphatic carboxylic acids is 3. The molecule has 3 rings (SSSR count). The summed E-state index contributed by atoms with van der Waals surface area (Å²) in [5, 5.41) is 43.0. The van der Waals surface area contributed by atoms with E-state index >= 15 is 0 Å². The Bertz CT molecular complexity index is 1220. The van der Waals surface area contributed by atoms with E-state index in [-0.39, 0.29) is 105 Å². The maximum atomic E-state index is 11.9. The van der Waals surface area contributed by atoms with E-state index in [0.717, 1.165) is 25.0 Å². The van der Waals surface area contributed by atoms with Gasteiger partial charge in [0.25, 0.3) is 0 Å². The van der Waals surface area contributed by atoms with E-state index in [2.05, 4.69) is 12.0 Å². The first-order valence-electron chi connectivity index (χ1n) is 14.2. The molecule has 1 unspecified atom stereocenters. The molecule has 254 valence electrons. The summed E-state index contributed by atoms with van der Waals surface area (Å²) in [6, 6.07) is -1.13. The topological polar surface area (TPSA) is 274 Å². The van der Waals surface area contributed by atoms with E-state index in [1.54, 1.807) is 6.92 Å². The zero-order valence-electron chi connectivity index (χ0n) is 27.7. The van der Waals surface area contributed by atoms with Crippen molar-refractivity contribution in [3.05, 3.63) is 22.4 Å². The first-order valence-corrected chi connectivity index (χ1v) is 16.3. The number of fused-ring (bicyclic) bond motifs is 1. The summed E-state index contributed by atoms with van der Waals surface area (Å²) in [7, 11) is 0. The Hall–Kier alpha value is -1.12. The second kappa shape index (κ2) is 21.9. The normalized spacial score (nSPS) is 21.6. The number of amides is 2. The largest absolute Gasteiger partial charge is 1.00 e. The molecule has 5 atom stereocenters. The van der Waals surface area contributed by atoms with Crippen LogP contribution in [0.1, 0.15) is 52.9 Å². The number of hydrazone groups is 1. The molecule has 2 fully saturated rings. The molecule has 3 aliphatic rings. The van der Waals surface area contributed by atoms with E-state index in [1.165, 1.54) is 39.2 Å². The molecule has 47 heavy (non-hydrogen) atoms. The molecule has 9 N–H and O–H groups in total. The number of nitrogens with two attached hydrogens (primary N) is 2. The van der Waals surface area contributed by atoms with Crippen LogP contribution < -0.4 is 86.2 Å². The van der Waals surface area contributed by atoms with Crippen LogP contribution in [0.25, 0.3) is 0 Å². The number of carbonyl (C=O) groups is 5. The molecule has 0 aromatic heterocycles. The Morgan fingerprint density at radius 3 is 2.28 bits per heavy atom. The van der Waals surface area contributed by atoms with Crippen molar-refractivity contribution in [2.45, 2.75) is 71.1 Å². The van der Waals surface area contributed by atoms with Gasteiger partial charge in [-0.3, -0.25) is 14.4 Å². The second-order valence-corrected chi connectivity index (χ2v) is 14.0. The van der Waals surface area contributed by atoms with Gasteiger partial charge in [0.1, 0.15) is 6.04 Å². The number of hydrazine groups is 1. The van der Waals surface area contributed by atoms with Crippen molar-refractivity contribution >= 4 is 60.0 Å². The number of hydrogen-bond acceptors (Lipinski definition) is 12. The van der Waals surface area contributed by atoms with Crippen molar-refractivity contribution < 1.29 is 114 Å². The fraction of sp³-hybridized carbons (Fsp3) is 0.643. The fourth-order valence-electron chi connectivity index (χ4n) is 4.83. The van der Waals surface area contributed by atoms with Crippen molar-refractivity contribution in [3.8, 4) is 0 Å². The van der Waals surface area contributed by atoms with Crippen LogP contribution in [0.4, 0.5) is 0 Å². The minimum atomic E-state index is -1.39. The first-order chi connectivity index (χ1) is 20.5. The van der Waals surface area contributed by atoms with Gasteiger partial charge in [-0.2, -0.15) is 11.8 Å². The number of nitrogens with one attached hydrogen (secondary N) is 1. The Morgan fingerprint density at radius 2 is 1.81 bits per heavy atom. The van der Waals surface area contributed by atoms with Gasteiger partial charge in [-0.05, 0) is 43.8 Å². The van der Waals surface area contributed by atoms with E-state index < -0.39 is 36.0 Å². The monoisotopic (exact) mass is 720 g/mol. The molecular weight excluding hydrogens is 676 g/mol. The molecule has 0 radical (unpaired) electrons. The molecule has 15 nitrogen and oxygen atoms in total. The van der Waals surface area contributed by atoms with Crippen LogP contribution in [0.5, 0.6) is 0 Å². The van der Waals surface area contributed by atoms with Gasteiger partial charge in [0, 0.05) is 23.0 Å². The average Bonchev–Trinajstić information content (AvgIpc) is 3.43. The maximum Gasteiger partial charge on any atom is 1.00 e. The zero-order chi connectivity index (χ0) is 33.4. The van der Waals surface area contributed by atoms with E-state index in [4.69, 9.17) is 16.7 Å². The number of aliphatic hydroxyl groups is 1. The minimum absolute atomic E-state index is 0. The van der Waals surface area contributed by atoms with Crippen LogP contribution in [0, 0.1) is 17.3 Å². The molecular formula is C28H44N5Na2O10S2+. The number of rotatable bonds is 17. The third kappa shape index (κ3) is 14.3. The van der Waals surface area contributed by atoms with Gasteiger partial charge in [-0.15, -0.1) is 16.4 Å². The van der Waals surface area contributed by atoms with E-state index in [0.29, 0.717) is 35.8 Å². The summed E-state index contributed by atoms with van der Waals surface area (Å²) < 4.78 is 1.26. The number of hydrogen-bond donors (Lipinski definition) is 5. The van der Waals surface area contributed by atoms with Crippen LogP contribution in [0.15, 0.2) is 22.4 Å². The molecule has 0 spiro atoms. The molecule has 1 saturated carbocycles. The number of carboxylic acid groups (broad SMARTS) is 3. The summed E-state index contributed by atoms with van der Waals surface area (Å²) in [6.07, 6.45) is 3.93. The zero-order valence-corrected chi connectivity index (χ0v) is 33.3. The Balaban J connectivity index is 0. The second-order valence-electron chi connectivity index (χ2n) is 11.6. The molecule has 0 bridgehead atoms. The van der Waals surface area contributed by atoms with Crippen LogP contribution in [0.3, 0.4) is 0 Å². The number of carbonyl (C=O) groups excluding carboxylic acids is 4. The van der Waals surface area contributed by atoms with Gasteiger partial charge < -0.3 is 51.4 Å². The Morgan fingerprint density at radius 1 is 1.21 bits per heavy atom. The van der Waals surface area contributed by atoms with Crippen LogP contribution >= 0.6 is 23.5 Å². The summed E-state index contributed by atoms with van der Waals surface area (Å²) in [6.45, 7) is 9.47. The van der Waals surface area contributed by atoms with Gasteiger partial charge >= 0.3 is 65.1 Å². The van der Waals surface area contributed by atoms with Gasteiger partial charge in [0.15, 0.2) is 13.3 Å². The standard InChI is InChI=1S/C16H26N2O5S.C12H17N3O4S.2Na.H2O/c1-16(2)8-10(16)13(19)18-12(15(22)23)6-4-3-5-7-24-9-11(17)14(20)21;1-6(16)9-7-5-8(20-4-3-14(2)13)10(12(18)19)15(7)11(9)17;;;/h6,10-11H,3-5,7-9,17H2,1-2H3,(H,18,19)(H,20,21)(H,22,23);6-7,9,16H,2-5,13H2,1H3;;;1H2/q;;2*+1;/p-1/b12-6-;;;;/t10-,11+;6?,7-,9-;;;/m11.../s1. The van der Waals surface area contributed by atoms with E-state index in [1.807, 2.05) is 13.8 Å². The molecule has 2 aliphatic heterocycles. The molecule has 1 saturated heterocycles. The summed E-state index contributed by atoms with van der Waals surface area (Å²) in [4.78, 5) is 58.5.